The average Bonchev–Trinajstić information content (AvgIpc) is 3.00. The minimum Gasteiger partial charge on any atom is -0.432 e. The van der Waals surface area contributed by atoms with E-state index in [9.17, 15) is 0 Å². The second-order valence-corrected chi connectivity index (χ2v) is 5.52. The number of nitrogens with two attached hydrogens (primary N) is 1. The SMILES string of the molecule is NCc1coc(N2CCC3(CCCC3)CC2)n1. The molecule has 1 aliphatic carbocycles. The first kappa shape index (κ1) is 11.1. The molecule has 0 aromatic carbocycles. The van der Waals surface area contributed by atoms with Gasteiger partial charge in [-0.05, 0) is 31.1 Å². The van der Waals surface area contributed by atoms with Gasteiger partial charge in [0.25, 0.3) is 6.01 Å². The summed E-state index contributed by atoms with van der Waals surface area (Å²) >= 11 is 0. The van der Waals surface area contributed by atoms with Crippen LogP contribution in [0.4, 0.5) is 6.01 Å². The molecule has 4 nitrogen and oxygen atoms in total. The van der Waals surface area contributed by atoms with Gasteiger partial charge in [-0.2, -0.15) is 4.98 Å². The summed E-state index contributed by atoms with van der Waals surface area (Å²) in [5.41, 5.74) is 7.05. The molecule has 0 atom stereocenters. The fourth-order valence-corrected chi connectivity index (χ4v) is 3.33. The highest BCUT2D eigenvalue weighted by Crippen LogP contribution is 2.46. The van der Waals surface area contributed by atoms with Crippen molar-refractivity contribution in [3.63, 3.8) is 0 Å². The summed E-state index contributed by atoms with van der Waals surface area (Å²) in [5.74, 6) is 0. The van der Waals surface area contributed by atoms with E-state index in [0.29, 0.717) is 12.0 Å². The van der Waals surface area contributed by atoms with Crippen LogP contribution in [-0.2, 0) is 6.54 Å². The zero-order chi connectivity index (χ0) is 11.7. The molecule has 0 radical (unpaired) electrons. The number of anilines is 1. The van der Waals surface area contributed by atoms with E-state index in [2.05, 4.69) is 9.88 Å². The van der Waals surface area contributed by atoms with Crippen molar-refractivity contribution in [1.29, 1.82) is 0 Å². The maximum absolute atomic E-state index is 5.55. The Bertz CT molecular complexity index is 372. The van der Waals surface area contributed by atoms with Gasteiger partial charge in [-0.25, -0.2) is 0 Å². The van der Waals surface area contributed by atoms with Gasteiger partial charge in [0.15, 0.2) is 0 Å². The Balaban J connectivity index is 1.64. The maximum Gasteiger partial charge on any atom is 0.297 e. The molecule has 0 bridgehead atoms. The molecule has 2 N–H and O–H groups in total. The van der Waals surface area contributed by atoms with Gasteiger partial charge in [0.1, 0.15) is 6.26 Å². The quantitative estimate of drug-likeness (QED) is 0.854. The van der Waals surface area contributed by atoms with Gasteiger partial charge >= 0.3 is 0 Å². The first-order valence-corrected chi connectivity index (χ1v) is 6.71. The van der Waals surface area contributed by atoms with Crippen LogP contribution < -0.4 is 10.6 Å². The van der Waals surface area contributed by atoms with Crippen LogP contribution >= 0.6 is 0 Å². The Hall–Kier alpha value is -1.03. The number of oxazole rings is 1. The molecule has 3 rings (SSSR count). The van der Waals surface area contributed by atoms with E-state index >= 15 is 0 Å². The summed E-state index contributed by atoms with van der Waals surface area (Å²) in [6.07, 6.45) is 9.99. The number of piperidine rings is 1. The fourth-order valence-electron chi connectivity index (χ4n) is 3.33. The molecule has 1 aromatic heterocycles. The Morgan fingerprint density at radius 2 is 1.94 bits per heavy atom. The molecule has 1 aliphatic heterocycles. The molecule has 2 fully saturated rings. The van der Waals surface area contributed by atoms with Crippen LogP contribution in [0.15, 0.2) is 10.7 Å². The summed E-state index contributed by atoms with van der Waals surface area (Å²) in [6, 6.07) is 0.762. The second-order valence-electron chi connectivity index (χ2n) is 5.52. The maximum atomic E-state index is 5.55. The second kappa shape index (κ2) is 4.33. The molecule has 1 spiro atoms. The van der Waals surface area contributed by atoms with Crippen LogP contribution in [0.1, 0.15) is 44.2 Å². The predicted molar refractivity (Wildman–Crippen MR) is 66.7 cm³/mol. The van der Waals surface area contributed by atoms with Gasteiger partial charge < -0.3 is 15.1 Å². The van der Waals surface area contributed by atoms with Gasteiger partial charge in [0, 0.05) is 19.6 Å². The Morgan fingerprint density at radius 3 is 2.53 bits per heavy atom. The number of nitrogens with zero attached hydrogens (tertiary/aromatic N) is 2. The van der Waals surface area contributed by atoms with Gasteiger partial charge in [0.2, 0.25) is 0 Å². The number of hydrogen-bond acceptors (Lipinski definition) is 4. The molecule has 2 aliphatic rings. The van der Waals surface area contributed by atoms with E-state index < -0.39 is 0 Å². The lowest BCUT2D eigenvalue weighted by molar-refractivity contribution is 0.222. The van der Waals surface area contributed by atoms with E-state index in [1.165, 1.54) is 38.5 Å². The first-order valence-electron chi connectivity index (χ1n) is 6.71. The topological polar surface area (TPSA) is 55.3 Å². The average molecular weight is 235 g/mol. The van der Waals surface area contributed by atoms with Crippen LogP contribution in [0.25, 0.3) is 0 Å². The predicted octanol–water partition coefficient (Wildman–Crippen LogP) is 2.29. The molecule has 0 amide bonds. The van der Waals surface area contributed by atoms with Gasteiger partial charge in [-0.3, -0.25) is 0 Å². The third-order valence-electron chi connectivity index (χ3n) is 4.51. The van der Waals surface area contributed by atoms with E-state index in [1.807, 2.05) is 0 Å². The highest BCUT2D eigenvalue weighted by Gasteiger charge is 2.37. The van der Waals surface area contributed by atoms with Crippen LogP contribution in [0.3, 0.4) is 0 Å². The fraction of sp³-hybridized carbons (Fsp3) is 0.769. The third kappa shape index (κ3) is 2.06. The van der Waals surface area contributed by atoms with Crippen LogP contribution in [0, 0.1) is 5.41 Å². The molecule has 1 saturated carbocycles. The molecular formula is C13H21N3O. The first-order chi connectivity index (χ1) is 8.31. The van der Waals surface area contributed by atoms with Crippen molar-refractivity contribution >= 4 is 6.01 Å². The van der Waals surface area contributed by atoms with Gasteiger partial charge in [0.05, 0.1) is 5.69 Å². The Labute approximate surface area is 102 Å². The van der Waals surface area contributed by atoms with E-state index in [1.54, 1.807) is 6.26 Å². The zero-order valence-corrected chi connectivity index (χ0v) is 10.3. The standard InChI is InChI=1S/C13H21N3O/c14-9-11-10-17-12(15-11)16-7-5-13(6-8-16)3-1-2-4-13/h10H,1-9,14H2. The molecule has 1 saturated heterocycles. The monoisotopic (exact) mass is 235 g/mol. The molecule has 17 heavy (non-hydrogen) atoms. The number of aromatic nitrogens is 1. The highest BCUT2D eigenvalue weighted by atomic mass is 16.4. The third-order valence-corrected chi connectivity index (χ3v) is 4.51. The summed E-state index contributed by atoms with van der Waals surface area (Å²) in [7, 11) is 0. The lowest BCUT2D eigenvalue weighted by atomic mass is 9.77. The minimum atomic E-state index is 0.460. The number of rotatable bonds is 2. The highest BCUT2D eigenvalue weighted by molar-refractivity contribution is 5.28. The summed E-state index contributed by atoms with van der Waals surface area (Å²) < 4.78 is 5.48. The lowest BCUT2D eigenvalue weighted by Gasteiger charge is -2.38. The molecule has 0 unspecified atom stereocenters. The van der Waals surface area contributed by atoms with Crippen molar-refractivity contribution in [1.82, 2.24) is 4.98 Å². The minimum absolute atomic E-state index is 0.460. The molecule has 1 aromatic rings. The lowest BCUT2D eigenvalue weighted by Crippen LogP contribution is -2.39. The normalized spacial score (nSPS) is 23.5. The van der Waals surface area contributed by atoms with Crippen molar-refractivity contribution in [3.8, 4) is 0 Å². The zero-order valence-electron chi connectivity index (χ0n) is 10.3. The van der Waals surface area contributed by atoms with Crippen LogP contribution in [-0.4, -0.2) is 18.1 Å². The molecule has 2 heterocycles. The van der Waals surface area contributed by atoms with Crippen LogP contribution in [0.5, 0.6) is 0 Å². The van der Waals surface area contributed by atoms with Crippen molar-refractivity contribution in [2.24, 2.45) is 11.1 Å². The molecule has 4 heteroatoms. The Kier molecular flexibility index (Phi) is 2.82. The van der Waals surface area contributed by atoms with Gasteiger partial charge in [-0.15, -0.1) is 0 Å². The smallest absolute Gasteiger partial charge is 0.297 e. The summed E-state index contributed by atoms with van der Waals surface area (Å²) in [5, 5.41) is 0. The summed E-state index contributed by atoms with van der Waals surface area (Å²) in [4.78, 5) is 6.67. The van der Waals surface area contributed by atoms with E-state index in [4.69, 9.17) is 10.2 Å². The molecular weight excluding hydrogens is 214 g/mol. The van der Waals surface area contributed by atoms with Crippen LogP contribution in [0.2, 0.25) is 0 Å². The van der Waals surface area contributed by atoms with Crippen molar-refractivity contribution in [2.75, 3.05) is 18.0 Å². The number of hydrogen-bond donors (Lipinski definition) is 1. The largest absolute Gasteiger partial charge is 0.432 e. The Morgan fingerprint density at radius 1 is 1.24 bits per heavy atom. The van der Waals surface area contributed by atoms with Crippen molar-refractivity contribution in [2.45, 2.75) is 45.1 Å². The van der Waals surface area contributed by atoms with E-state index in [-0.39, 0.29) is 0 Å². The summed E-state index contributed by atoms with van der Waals surface area (Å²) in [6.45, 7) is 2.64. The van der Waals surface area contributed by atoms with Crippen molar-refractivity contribution < 1.29 is 4.42 Å². The van der Waals surface area contributed by atoms with E-state index in [0.717, 1.165) is 24.8 Å². The van der Waals surface area contributed by atoms with Crippen molar-refractivity contribution in [3.05, 3.63) is 12.0 Å². The van der Waals surface area contributed by atoms with Gasteiger partial charge in [-0.1, -0.05) is 12.8 Å². The molecule has 94 valence electrons.